The van der Waals surface area contributed by atoms with Gasteiger partial charge >= 0.3 is 5.97 Å². The van der Waals surface area contributed by atoms with Crippen LogP contribution in [0.4, 0.5) is 5.69 Å². The van der Waals surface area contributed by atoms with E-state index in [4.69, 9.17) is 28.3 Å². The number of carbonyl (C=O) groups is 2. The van der Waals surface area contributed by atoms with Crippen LogP contribution in [0.25, 0.3) is 0 Å². The third-order valence-electron chi connectivity index (χ3n) is 1.89. The minimum atomic E-state index is -0.710. The Hall–Kier alpha value is -1.56. The number of esters is 1. The van der Waals surface area contributed by atoms with Crippen LogP contribution in [0.5, 0.6) is 0 Å². The zero-order valence-electron chi connectivity index (χ0n) is 9.73. The van der Waals surface area contributed by atoms with Crippen molar-refractivity contribution in [3.8, 4) is 0 Å². The molecule has 0 radical (unpaired) electrons. The molecule has 0 aliphatic rings. The lowest BCUT2D eigenvalue weighted by atomic mass is 10.3. The van der Waals surface area contributed by atoms with Gasteiger partial charge in [0, 0.05) is 17.8 Å². The van der Waals surface area contributed by atoms with Gasteiger partial charge in [-0.05, 0) is 18.2 Å². The average Bonchev–Trinajstić information content (AvgIpc) is 2.38. The highest BCUT2D eigenvalue weighted by atomic mass is 35.5. The van der Waals surface area contributed by atoms with E-state index in [-0.39, 0.29) is 13.2 Å². The largest absolute Gasteiger partial charge is 0.460 e. The second-order valence-electron chi connectivity index (χ2n) is 3.34. The highest BCUT2D eigenvalue weighted by Gasteiger charge is 2.03. The lowest BCUT2D eigenvalue weighted by molar-refractivity contribution is -0.138. The summed E-state index contributed by atoms with van der Waals surface area (Å²) < 4.78 is 4.53. The van der Waals surface area contributed by atoms with Gasteiger partial charge in [0.15, 0.2) is 0 Å². The van der Waals surface area contributed by atoms with E-state index in [1.54, 1.807) is 12.1 Å². The van der Waals surface area contributed by atoms with Gasteiger partial charge in [-0.2, -0.15) is 0 Å². The summed E-state index contributed by atoms with van der Waals surface area (Å²) in [4.78, 5) is 22.5. The first-order valence-corrected chi connectivity index (χ1v) is 6.00. The number of aliphatic hydroxyl groups is 1. The van der Waals surface area contributed by atoms with Gasteiger partial charge in [-0.25, -0.2) is 4.79 Å². The van der Waals surface area contributed by atoms with E-state index < -0.39 is 11.9 Å². The highest BCUT2D eigenvalue weighted by molar-refractivity contribution is 6.42. The fraction of sp³-hybridized carbons (Fsp3) is 0.167. The van der Waals surface area contributed by atoms with Crippen molar-refractivity contribution >= 4 is 40.8 Å². The van der Waals surface area contributed by atoms with Gasteiger partial charge in [0.05, 0.1) is 16.7 Å². The van der Waals surface area contributed by atoms with E-state index in [1.807, 2.05) is 0 Å². The van der Waals surface area contributed by atoms with Crippen molar-refractivity contribution < 1.29 is 19.4 Å². The fourth-order valence-corrected chi connectivity index (χ4v) is 1.39. The lowest BCUT2D eigenvalue weighted by Gasteiger charge is -2.03. The number of aliphatic hydroxyl groups excluding tert-OH is 1. The third kappa shape index (κ3) is 5.74. The van der Waals surface area contributed by atoms with Gasteiger partial charge in [0.2, 0.25) is 5.91 Å². The molecule has 7 heteroatoms. The van der Waals surface area contributed by atoms with E-state index in [9.17, 15) is 9.59 Å². The molecule has 0 spiro atoms. The predicted molar refractivity (Wildman–Crippen MR) is 72.3 cm³/mol. The molecule has 0 heterocycles. The summed E-state index contributed by atoms with van der Waals surface area (Å²) in [5.74, 6) is -1.22. The molecule has 0 saturated heterocycles. The Morgan fingerprint density at radius 1 is 1.26 bits per heavy atom. The Kier molecular flexibility index (Phi) is 6.35. The highest BCUT2D eigenvalue weighted by Crippen LogP contribution is 2.24. The first-order chi connectivity index (χ1) is 9.02. The Labute approximate surface area is 119 Å². The zero-order chi connectivity index (χ0) is 14.3. The molecular formula is C12H11Cl2NO4. The van der Waals surface area contributed by atoms with Crippen LogP contribution in [-0.2, 0) is 14.3 Å². The van der Waals surface area contributed by atoms with Crippen molar-refractivity contribution in [3.63, 3.8) is 0 Å². The number of nitrogens with one attached hydrogen (secondary N) is 1. The smallest absolute Gasteiger partial charge is 0.331 e. The standard InChI is InChI=1S/C12H11Cl2NO4/c13-9-2-1-8(7-10(9)14)15-11(17)3-4-12(18)19-6-5-16/h1-4,7,16H,5-6H2,(H,15,17)/b4-3-. The van der Waals surface area contributed by atoms with Gasteiger partial charge in [-0.1, -0.05) is 23.2 Å². The van der Waals surface area contributed by atoms with E-state index in [0.717, 1.165) is 12.2 Å². The molecule has 0 bridgehead atoms. The van der Waals surface area contributed by atoms with Crippen molar-refractivity contribution in [3.05, 3.63) is 40.4 Å². The molecule has 0 unspecified atom stereocenters. The maximum absolute atomic E-state index is 11.5. The summed E-state index contributed by atoms with van der Waals surface area (Å²) >= 11 is 11.5. The zero-order valence-corrected chi connectivity index (χ0v) is 11.2. The first kappa shape index (κ1) is 15.5. The summed E-state index contributed by atoms with van der Waals surface area (Å²) in [6.07, 6.45) is 1.98. The summed E-state index contributed by atoms with van der Waals surface area (Å²) in [7, 11) is 0. The molecule has 1 aromatic carbocycles. The van der Waals surface area contributed by atoms with Crippen molar-refractivity contribution in [2.45, 2.75) is 0 Å². The number of benzene rings is 1. The molecule has 2 N–H and O–H groups in total. The van der Waals surface area contributed by atoms with Gasteiger partial charge in [-0.15, -0.1) is 0 Å². The number of hydrogen-bond donors (Lipinski definition) is 2. The molecule has 5 nitrogen and oxygen atoms in total. The van der Waals surface area contributed by atoms with E-state index in [0.29, 0.717) is 15.7 Å². The Morgan fingerprint density at radius 3 is 2.63 bits per heavy atom. The van der Waals surface area contributed by atoms with Crippen molar-refractivity contribution in [1.82, 2.24) is 0 Å². The Balaban J connectivity index is 2.53. The number of hydrogen-bond acceptors (Lipinski definition) is 4. The van der Waals surface area contributed by atoms with Crippen molar-refractivity contribution in [2.75, 3.05) is 18.5 Å². The van der Waals surface area contributed by atoms with Crippen LogP contribution >= 0.6 is 23.2 Å². The monoisotopic (exact) mass is 303 g/mol. The number of amides is 1. The number of carbonyl (C=O) groups excluding carboxylic acids is 2. The summed E-state index contributed by atoms with van der Waals surface area (Å²) in [6, 6.07) is 4.60. The van der Waals surface area contributed by atoms with Crippen LogP contribution in [0.1, 0.15) is 0 Å². The molecule has 0 aromatic heterocycles. The number of rotatable bonds is 5. The van der Waals surface area contributed by atoms with E-state index >= 15 is 0 Å². The average molecular weight is 304 g/mol. The summed E-state index contributed by atoms with van der Waals surface area (Å²) in [5.41, 5.74) is 0.452. The number of ether oxygens (including phenoxy) is 1. The topological polar surface area (TPSA) is 75.6 Å². The fourth-order valence-electron chi connectivity index (χ4n) is 1.10. The normalized spacial score (nSPS) is 10.5. The van der Waals surface area contributed by atoms with Gasteiger partial charge in [0.1, 0.15) is 6.61 Å². The molecule has 1 amide bonds. The van der Waals surface area contributed by atoms with Crippen LogP contribution in [0.3, 0.4) is 0 Å². The van der Waals surface area contributed by atoms with Crippen molar-refractivity contribution in [2.24, 2.45) is 0 Å². The van der Waals surface area contributed by atoms with E-state index in [2.05, 4.69) is 10.1 Å². The minimum Gasteiger partial charge on any atom is -0.460 e. The second-order valence-corrected chi connectivity index (χ2v) is 4.16. The molecule has 0 atom stereocenters. The van der Waals surface area contributed by atoms with Crippen LogP contribution < -0.4 is 5.32 Å². The van der Waals surface area contributed by atoms with Crippen molar-refractivity contribution in [1.29, 1.82) is 0 Å². The summed E-state index contributed by atoms with van der Waals surface area (Å²) in [6.45, 7) is -0.382. The SMILES string of the molecule is O=C(/C=C\C(=O)OCCO)Nc1ccc(Cl)c(Cl)c1. The number of halogens is 2. The Bertz CT molecular complexity index is 503. The van der Waals surface area contributed by atoms with Crippen LogP contribution in [0.15, 0.2) is 30.4 Å². The van der Waals surface area contributed by atoms with Crippen LogP contribution in [0, 0.1) is 0 Å². The lowest BCUT2D eigenvalue weighted by Crippen LogP contribution is -2.10. The van der Waals surface area contributed by atoms with E-state index in [1.165, 1.54) is 6.07 Å². The molecule has 1 rings (SSSR count). The molecule has 0 saturated carbocycles. The van der Waals surface area contributed by atoms with Crippen LogP contribution in [0.2, 0.25) is 10.0 Å². The van der Waals surface area contributed by atoms with Crippen LogP contribution in [-0.4, -0.2) is 30.2 Å². The summed E-state index contributed by atoms with van der Waals surface area (Å²) in [5, 5.41) is 11.6. The molecule has 1 aromatic rings. The molecule has 0 aliphatic carbocycles. The Morgan fingerprint density at radius 2 is 2.00 bits per heavy atom. The molecule has 0 aliphatic heterocycles. The second kappa shape index (κ2) is 7.78. The molecule has 0 fully saturated rings. The molecular weight excluding hydrogens is 293 g/mol. The van der Waals surface area contributed by atoms with Gasteiger partial charge in [0.25, 0.3) is 0 Å². The molecule has 19 heavy (non-hydrogen) atoms. The molecule has 102 valence electrons. The predicted octanol–water partition coefficient (Wildman–Crippen LogP) is 2.02. The maximum atomic E-state index is 11.5. The third-order valence-corrected chi connectivity index (χ3v) is 2.63. The minimum absolute atomic E-state index is 0.114. The maximum Gasteiger partial charge on any atom is 0.331 e. The van der Waals surface area contributed by atoms with Gasteiger partial charge in [-0.3, -0.25) is 4.79 Å². The first-order valence-electron chi connectivity index (χ1n) is 5.24. The quantitative estimate of drug-likeness (QED) is 0.644. The number of anilines is 1. The van der Waals surface area contributed by atoms with Gasteiger partial charge < -0.3 is 15.2 Å².